The Bertz CT molecular complexity index is 611. The van der Waals surface area contributed by atoms with Gasteiger partial charge in [-0.15, -0.1) is 0 Å². The van der Waals surface area contributed by atoms with Crippen LogP contribution in [-0.2, 0) is 11.8 Å². The third kappa shape index (κ3) is 3.24. The molecular weight excluding hydrogens is 306 g/mol. The first-order chi connectivity index (χ1) is 10.5. The number of hydrogen-bond donors (Lipinski definition) is 1. The standard InChI is InChI=1S/C14H20ClN5O2/c1-4-16-14(22)20-9-5-8-19(20)12(21)7-6-11-10(2)17-18(3)13(11)15/h6-7H,4-5,8-9H2,1-3H3,(H,16,22). The number of carbonyl (C=O) groups is 2. The predicted octanol–water partition coefficient (Wildman–Crippen LogP) is 1.57. The van der Waals surface area contributed by atoms with E-state index in [1.165, 1.54) is 16.1 Å². The van der Waals surface area contributed by atoms with Crippen molar-refractivity contribution in [2.24, 2.45) is 7.05 Å². The van der Waals surface area contributed by atoms with Gasteiger partial charge in [0.25, 0.3) is 5.91 Å². The molecule has 1 aliphatic heterocycles. The van der Waals surface area contributed by atoms with Crippen LogP contribution in [0.5, 0.6) is 0 Å². The van der Waals surface area contributed by atoms with Gasteiger partial charge < -0.3 is 5.32 Å². The molecule has 0 bridgehead atoms. The molecule has 0 aromatic carbocycles. The highest BCUT2D eigenvalue weighted by atomic mass is 35.5. The van der Waals surface area contributed by atoms with Gasteiger partial charge in [-0.3, -0.25) is 9.48 Å². The Morgan fingerprint density at radius 2 is 2.05 bits per heavy atom. The van der Waals surface area contributed by atoms with Gasteiger partial charge in [-0.05, 0) is 26.3 Å². The van der Waals surface area contributed by atoms with Gasteiger partial charge in [0.1, 0.15) is 5.15 Å². The van der Waals surface area contributed by atoms with Crippen molar-refractivity contribution in [2.45, 2.75) is 20.3 Å². The Kier molecular flexibility index (Phi) is 5.07. The molecule has 1 aromatic heterocycles. The second kappa shape index (κ2) is 6.83. The minimum absolute atomic E-state index is 0.247. The second-order valence-corrected chi connectivity index (χ2v) is 5.38. The van der Waals surface area contributed by atoms with Crippen LogP contribution in [0.3, 0.4) is 0 Å². The molecule has 0 saturated carbocycles. The summed E-state index contributed by atoms with van der Waals surface area (Å²) in [5.74, 6) is -0.247. The fourth-order valence-electron chi connectivity index (χ4n) is 2.37. The first-order valence-electron chi connectivity index (χ1n) is 7.19. The molecule has 0 atom stereocenters. The molecule has 2 heterocycles. The zero-order valence-corrected chi connectivity index (χ0v) is 13.7. The van der Waals surface area contributed by atoms with E-state index in [1.807, 2.05) is 13.8 Å². The van der Waals surface area contributed by atoms with Gasteiger partial charge in [0.15, 0.2) is 0 Å². The summed E-state index contributed by atoms with van der Waals surface area (Å²) in [6.07, 6.45) is 3.83. The molecule has 22 heavy (non-hydrogen) atoms. The quantitative estimate of drug-likeness (QED) is 0.858. The zero-order chi connectivity index (χ0) is 16.3. The number of hydrogen-bond acceptors (Lipinski definition) is 3. The van der Waals surface area contributed by atoms with Crippen LogP contribution in [0.4, 0.5) is 4.79 Å². The van der Waals surface area contributed by atoms with E-state index in [1.54, 1.807) is 17.8 Å². The normalized spacial score (nSPS) is 14.9. The minimum atomic E-state index is -0.252. The van der Waals surface area contributed by atoms with Gasteiger partial charge in [0.2, 0.25) is 0 Å². The van der Waals surface area contributed by atoms with Crippen LogP contribution in [-0.4, -0.2) is 51.4 Å². The Labute approximate surface area is 134 Å². The van der Waals surface area contributed by atoms with E-state index >= 15 is 0 Å². The van der Waals surface area contributed by atoms with Crippen LogP contribution in [0.15, 0.2) is 6.08 Å². The number of halogens is 1. The van der Waals surface area contributed by atoms with Crippen LogP contribution in [0.2, 0.25) is 5.15 Å². The molecular formula is C14H20ClN5O2. The molecule has 1 aliphatic rings. The molecule has 1 aromatic rings. The van der Waals surface area contributed by atoms with Crippen molar-refractivity contribution in [1.29, 1.82) is 0 Å². The van der Waals surface area contributed by atoms with E-state index in [4.69, 9.17) is 11.6 Å². The van der Waals surface area contributed by atoms with Crippen molar-refractivity contribution in [1.82, 2.24) is 25.1 Å². The number of aromatic nitrogens is 2. The lowest BCUT2D eigenvalue weighted by Gasteiger charge is -2.26. The monoisotopic (exact) mass is 325 g/mol. The first-order valence-corrected chi connectivity index (χ1v) is 7.57. The summed E-state index contributed by atoms with van der Waals surface area (Å²) in [7, 11) is 1.74. The van der Waals surface area contributed by atoms with Crippen LogP contribution < -0.4 is 5.32 Å². The van der Waals surface area contributed by atoms with E-state index in [0.29, 0.717) is 30.4 Å². The minimum Gasteiger partial charge on any atom is -0.337 e. The number of nitrogens with zero attached hydrogens (tertiary/aromatic N) is 4. The summed E-state index contributed by atoms with van der Waals surface area (Å²) in [4.78, 5) is 24.2. The van der Waals surface area contributed by atoms with E-state index in [-0.39, 0.29) is 11.9 Å². The van der Waals surface area contributed by atoms with E-state index < -0.39 is 0 Å². The van der Waals surface area contributed by atoms with Gasteiger partial charge in [-0.1, -0.05) is 11.6 Å². The summed E-state index contributed by atoms with van der Waals surface area (Å²) in [6.45, 7) is 5.26. The van der Waals surface area contributed by atoms with E-state index in [0.717, 1.165) is 12.1 Å². The zero-order valence-electron chi connectivity index (χ0n) is 13.0. The molecule has 2 rings (SSSR count). The smallest absolute Gasteiger partial charge is 0.336 e. The topological polar surface area (TPSA) is 70.5 Å². The maximum atomic E-state index is 12.3. The predicted molar refractivity (Wildman–Crippen MR) is 84.1 cm³/mol. The molecule has 7 nitrogen and oxygen atoms in total. The Morgan fingerprint density at radius 1 is 1.36 bits per heavy atom. The lowest BCUT2D eigenvalue weighted by molar-refractivity contribution is -0.134. The Balaban J connectivity index is 2.11. The van der Waals surface area contributed by atoms with Gasteiger partial charge >= 0.3 is 6.03 Å². The molecule has 0 aliphatic carbocycles. The number of hydrazine groups is 1. The van der Waals surface area contributed by atoms with Crippen molar-refractivity contribution in [3.63, 3.8) is 0 Å². The molecule has 120 valence electrons. The van der Waals surface area contributed by atoms with Crippen LogP contribution >= 0.6 is 11.6 Å². The highest BCUT2D eigenvalue weighted by Crippen LogP contribution is 2.20. The fourth-order valence-corrected chi connectivity index (χ4v) is 2.61. The van der Waals surface area contributed by atoms with Crippen LogP contribution in [0, 0.1) is 6.92 Å². The summed E-state index contributed by atoms with van der Waals surface area (Å²) in [5.41, 5.74) is 1.46. The van der Waals surface area contributed by atoms with Gasteiger partial charge in [0.05, 0.1) is 5.69 Å². The third-order valence-electron chi connectivity index (χ3n) is 3.44. The van der Waals surface area contributed by atoms with Crippen molar-refractivity contribution < 1.29 is 9.59 Å². The molecule has 0 radical (unpaired) electrons. The summed E-state index contributed by atoms with van der Waals surface area (Å²) < 4.78 is 1.55. The number of rotatable bonds is 3. The molecule has 3 amide bonds. The van der Waals surface area contributed by atoms with Crippen molar-refractivity contribution in [2.75, 3.05) is 19.6 Å². The van der Waals surface area contributed by atoms with E-state index in [2.05, 4.69) is 10.4 Å². The highest BCUT2D eigenvalue weighted by Gasteiger charge is 2.29. The summed E-state index contributed by atoms with van der Waals surface area (Å²) in [6, 6.07) is -0.252. The first kappa shape index (κ1) is 16.4. The maximum absolute atomic E-state index is 12.3. The van der Waals surface area contributed by atoms with Crippen LogP contribution in [0.1, 0.15) is 24.6 Å². The maximum Gasteiger partial charge on any atom is 0.336 e. The molecule has 8 heteroatoms. The molecule has 0 unspecified atom stereocenters. The number of amides is 3. The highest BCUT2D eigenvalue weighted by molar-refractivity contribution is 6.31. The summed E-state index contributed by atoms with van der Waals surface area (Å²) in [5, 5.41) is 10.2. The lowest BCUT2D eigenvalue weighted by Crippen LogP contribution is -2.48. The van der Waals surface area contributed by atoms with Crippen molar-refractivity contribution >= 4 is 29.6 Å². The SMILES string of the molecule is CCNC(=O)N1CCCN1C(=O)C=Cc1c(C)nn(C)c1Cl. The van der Waals surface area contributed by atoms with Gasteiger partial charge in [0, 0.05) is 38.3 Å². The Morgan fingerprint density at radius 3 is 2.64 bits per heavy atom. The van der Waals surface area contributed by atoms with Gasteiger partial charge in [-0.2, -0.15) is 5.10 Å². The van der Waals surface area contributed by atoms with Crippen molar-refractivity contribution in [3.05, 3.63) is 22.5 Å². The third-order valence-corrected chi connectivity index (χ3v) is 3.89. The molecule has 1 saturated heterocycles. The molecule has 1 N–H and O–H groups in total. The molecule has 0 spiro atoms. The van der Waals surface area contributed by atoms with E-state index in [9.17, 15) is 9.59 Å². The second-order valence-electron chi connectivity index (χ2n) is 5.02. The largest absolute Gasteiger partial charge is 0.337 e. The average Bonchev–Trinajstić information content (AvgIpc) is 3.04. The Hall–Kier alpha value is -2.02. The molecule has 1 fully saturated rings. The van der Waals surface area contributed by atoms with Crippen molar-refractivity contribution in [3.8, 4) is 0 Å². The fraction of sp³-hybridized carbons (Fsp3) is 0.500. The number of carbonyl (C=O) groups excluding carboxylic acids is 2. The number of urea groups is 1. The van der Waals surface area contributed by atoms with Crippen LogP contribution in [0.25, 0.3) is 6.08 Å². The number of aryl methyl sites for hydroxylation is 2. The summed E-state index contributed by atoms with van der Waals surface area (Å²) >= 11 is 6.13. The number of nitrogens with one attached hydrogen (secondary N) is 1. The lowest BCUT2D eigenvalue weighted by atomic mass is 10.2. The average molecular weight is 326 g/mol. The van der Waals surface area contributed by atoms with Gasteiger partial charge in [-0.25, -0.2) is 14.8 Å².